The number of hydrogen-bond donors (Lipinski definition) is 1. The molecule has 32 heavy (non-hydrogen) atoms. The van der Waals surface area contributed by atoms with Crippen LogP contribution in [0.25, 0.3) is 11.1 Å². The van der Waals surface area contributed by atoms with Crippen molar-refractivity contribution in [1.29, 1.82) is 0 Å². The van der Waals surface area contributed by atoms with Crippen LogP contribution < -0.4 is 10.1 Å². The Balaban J connectivity index is 1.37. The third-order valence-corrected chi connectivity index (χ3v) is 6.23. The lowest BCUT2D eigenvalue weighted by Crippen LogP contribution is -2.49. The Morgan fingerprint density at radius 1 is 0.938 bits per heavy atom. The summed E-state index contributed by atoms with van der Waals surface area (Å²) in [6.07, 6.45) is 4.05. The molecule has 1 N–H and O–H groups in total. The van der Waals surface area contributed by atoms with Gasteiger partial charge in [0.15, 0.2) is 0 Å². The van der Waals surface area contributed by atoms with Crippen LogP contribution in [-0.2, 0) is 17.8 Å². The van der Waals surface area contributed by atoms with Crippen molar-refractivity contribution in [2.45, 2.75) is 38.3 Å². The highest BCUT2D eigenvalue weighted by Crippen LogP contribution is 2.30. The molecule has 0 radical (unpaired) electrons. The predicted octanol–water partition coefficient (Wildman–Crippen LogP) is 5.08. The summed E-state index contributed by atoms with van der Waals surface area (Å²) in [5.41, 5.74) is 4.71. The maximum atomic E-state index is 12.9. The normalized spacial score (nSPS) is 16.5. The van der Waals surface area contributed by atoms with Gasteiger partial charge < -0.3 is 10.1 Å². The standard InChI is InChI=1S/C28H32N2O2/c1-32-27-13-6-5-11-25(27)24-16-14-23(15-17-24)21-30-20-8-7-12-26(30)28(31)29-19-18-22-9-3-2-4-10-22/h2-6,9-11,13-17,26H,7-8,12,18-21H2,1H3,(H,29,31). The zero-order valence-electron chi connectivity index (χ0n) is 18.8. The number of hydrogen-bond acceptors (Lipinski definition) is 3. The number of para-hydroxylation sites is 1. The molecule has 4 heteroatoms. The number of likely N-dealkylation sites (tertiary alicyclic amines) is 1. The lowest BCUT2D eigenvalue weighted by Gasteiger charge is -2.34. The molecule has 1 fully saturated rings. The molecule has 1 heterocycles. The van der Waals surface area contributed by atoms with Gasteiger partial charge in [-0.15, -0.1) is 0 Å². The second-order valence-corrected chi connectivity index (χ2v) is 8.41. The van der Waals surface area contributed by atoms with Crippen LogP contribution in [0.4, 0.5) is 0 Å². The average Bonchev–Trinajstić information content (AvgIpc) is 2.85. The Morgan fingerprint density at radius 3 is 2.47 bits per heavy atom. The number of nitrogens with zero attached hydrogens (tertiary/aromatic N) is 1. The molecule has 3 aromatic rings. The fourth-order valence-electron chi connectivity index (χ4n) is 4.48. The van der Waals surface area contributed by atoms with Crippen molar-refractivity contribution in [1.82, 2.24) is 10.2 Å². The summed E-state index contributed by atoms with van der Waals surface area (Å²) < 4.78 is 5.50. The second kappa shape index (κ2) is 11.0. The van der Waals surface area contributed by atoms with Crippen LogP contribution in [0.3, 0.4) is 0 Å². The van der Waals surface area contributed by atoms with E-state index in [1.165, 1.54) is 11.1 Å². The molecular formula is C28H32N2O2. The third kappa shape index (κ3) is 5.57. The molecule has 0 aliphatic carbocycles. The number of amides is 1. The van der Waals surface area contributed by atoms with Gasteiger partial charge in [0.05, 0.1) is 13.2 Å². The van der Waals surface area contributed by atoms with Gasteiger partial charge in [-0.05, 0) is 48.6 Å². The predicted molar refractivity (Wildman–Crippen MR) is 130 cm³/mol. The summed E-state index contributed by atoms with van der Waals surface area (Å²) in [6, 6.07) is 27.0. The minimum Gasteiger partial charge on any atom is -0.496 e. The summed E-state index contributed by atoms with van der Waals surface area (Å²) >= 11 is 0. The van der Waals surface area contributed by atoms with Gasteiger partial charge in [0.2, 0.25) is 5.91 Å². The van der Waals surface area contributed by atoms with Crippen LogP contribution in [0, 0.1) is 0 Å². The van der Waals surface area contributed by atoms with E-state index < -0.39 is 0 Å². The number of methoxy groups -OCH3 is 1. The maximum Gasteiger partial charge on any atom is 0.237 e. The van der Waals surface area contributed by atoms with Crippen LogP contribution in [0.1, 0.15) is 30.4 Å². The minimum atomic E-state index is -0.0478. The van der Waals surface area contributed by atoms with Gasteiger partial charge in [0.1, 0.15) is 5.75 Å². The summed E-state index contributed by atoms with van der Waals surface area (Å²) in [5.74, 6) is 1.04. The van der Waals surface area contributed by atoms with Crippen LogP contribution in [0.2, 0.25) is 0 Å². The van der Waals surface area contributed by atoms with Crippen molar-refractivity contribution in [2.24, 2.45) is 0 Å². The Kier molecular flexibility index (Phi) is 7.57. The highest BCUT2D eigenvalue weighted by atomic mass is 16.5. The van der Waals surface area contributed by atoms with E-state index in [0.29, 0.717) is 6.54 Å². The minimum absolute atomic E-state index is 0.0478. The second-order valence-electron chi connectivity index (χ2n) is 8.41. The van der Waals surface area contributed by atoms with Gasteiger partial charge >= 0.3 is 0 Å². The fraction of sp³-hybridized carbons (Fsp3) is 0.321. The van der Waals surface area contributed by atoms with Crippen molar-refractivity contribution in [2.75, 3.05) is 20.2 Å². The Morgan fingerprint density at radius 2 is 1.69 bits per heavy atom. The van der Waals surface area contributed by atoms with Crippen molar-refractivity contribution in [3.63, 3.8) is 0 Å². The first kappa shape index (κ1) is 22.1. The first-order valence-electron chi connectivity index (χ1n) is 11.5. The molecule has 0 spiro atoms. The molecule has 1 atom stereocenters. The number of piperidine rings is 1. The molecule has 1 aliphatic rings. The summed E-state index contributed by atoms with van der Waals surface area (Å²) in [6.45, 7) is 2.44. The molecule has 0 bridgehead atoms. The van der Waals surface area contributed by atoms with Crippen LogP contribution in [0.15, 0.2) is 78.9 Å². The number of carbonyl (C=O) groups is 1. The lowest BCUT2D eigenvalue weighted by molar-refractivity contribution is -0.127. The summed E-state index contributed by atoms with van der Waals surface area (Å²) in [7, 11) is 1.70. The van der Waals surface area contributed by atoms with E-state index in [-0.39, 0.29) is 11.9 Å². The highest BCUT2D eigenvalue weighted by Gasteiger charge is 2.28. The third-order valence-electron chi connectivity index (χ3n) is 6.23. The molecule has 0 saturated carbocycles. The molecule has 4 rings (SSSR count). The molecule has 1 aliphatic heterocycles. The summed E-state index contributed by atoms with van der Waals surface area (Å²) in [4.78, 5) is 15.3. The first-order chi connectivity index (χ1) is 15.7. The molecule has 166 valence electrons. The molecule has 1 amide bonds. The van der Waals surface area contributed by atoms with E-state index in [4.69, 9.17) is 4.74 Å². The number of carbonyl (C=O) groups excluding carboxylic acids is 1. The Bertz CT molecular complexity index is 1000. The van der Waals surface area contributed by atoms with Gasteiger partial charge in [-0.3, -0.25) is 9.69 Å². The molecule has 1 saturated heterocycles. The van der Waals surface area contributed by atoms with Crippen LogP contribution in [-0.4, -0.2) is 37.0 Å². The van der Waals surface area contributed by atoms with Crippen molar-refractivity contribution in [3.05, 3.63) is 90.0 Å². The zero-order valence-corrected chi connectivity index (χ0v) is 18.8. The Hall–Kier alpha value is -3.11. The van der Waals surface area contributed by atoms with E-state index in [1.54, 1.807) is 7.11 Å². The van der Waals surface area contributed by atoms with Crippen LogP contribution in [0.5, 0.6) is 5.75 Å². The quantitative estimate of drug-likeness (QED) is 0.544. The molecule has 3 aromatic carbocycles. The number of rotatable bonds is 8. The van der Waals surface area contributed by atoms with Gasteiger partial charge in [-0.1, -0.05) is 79.2 Å². The van der Waals surface area contributed by atoms with Crippen molar-refractivity contribution < 1.29 is 9.53 Å². The Labute approximate surface area is 191 Å². The first-order valence-corrected chi connectivity index (χ1v) is 11.5. The molecular weight excluding hydrogens is 396 g/mol. The zero-order chi connectivity index (χ0) is 22.2. The van der Waals surface area contributed by atoms with E-state index in [1.807, 2.05) is 36.4 Å². The monoisotopic (exact) mass is 428 g/mol. The van der Waals surface area contributed by atoms with Crippen molar-refractivity contribution >= 4 is 5.91 Å². The van der Waals surface area contributed by atoms with E-state index in [9.17, 15) is 4.79 Å². The molecule has 0 aromatic heterocycles. The average molecular weight is 429 g/mol. The lowest BCUT2D eigenvalue weighted by atomic mass is 9.99. The topological polar surface area (TPSA) is 41.6 Å². The van der Waals surface area contributed by atoms with Crippen LogP contribution >= 0.6 is 0 Å². The van der Waals surface area contributed by atoms with Gasteiger partial charge in [0, 0.05) is 18.7 Å². The van der Waals surface area contributed by atoms with E-state index in [2.05, 4.69) is 52.7 Å². The van der Waals surface area contributed by atoms with E-state index >= 15 is 0 Å². The summed E-state index contributed by atoms with van der Waals surface area (Å²) in [5, 5.41) is 3.17. The molecule has 1 unspecified atom stereocenters. The van der Waals surface area contributed by atoms with Gasteiger partial charge in [0.25, 0.3) is 0 Å². The fourth-order valence-corrected chi connectivity index (χ4v) is 4.48. The highest BCUT2D eigenvalue weighted by molar-refractivity contribution is 5.81. The largest absolute Gasteiger partial charge is 0.496 e. The van der Waals surface area contributed by atoms with Crippen molar-refractivity contribution in [3.8, 4) is 16.9 Å². The number of nitrogens with one attached hydrogen (secondary N) is 1. The smallest absolute Gasteiger partial charge is 0.237 e. The maximum absolute atomic E-state index is 12.9. The number of benzene rings is 3. The number of ether oxygens (including phenoxy) is 1. The molecule has 4 nitrogen and oxygen atoms in total. The van der Waals surface area contributed by atoms with Gasteiger partial charge in [-0.25, -0.2) is 0 Å². The SMILES string of the molecule is COc1ccccc1-c1ccc(CN2CCCCC2C(=O)NCCc2ccccc2)cc1. The van der Waals surface area contributed by atoms with E-state index in [0.717, 1.165) is 55.6 Å². The van der Waals surface area contributed by atoms with Gasteiger partial charge in [-0.2, -0.15) is 0 Å².